The molecule has 0 aromatic heterocycles. The maximum atomic E-state index is 10.5. The highest BCUT2D eigenvalue weighted by Crippen LogP contribution is 2.07. The van der Waals surface area contributed by atoms with E-state index >= 15 is 0 Å². The Balaban J connectivity index is 3.45. The molecule has 0 spiro atoms. The fraction of sp³-hybridized carbons (Fsp3) is 1.00. The topological polar surface area (TPSA) is 43.4 Å². The van der Waals surface area contributed by atoms with Gasteiger partial charge in [-0.05, 0) is 5.92 Å². The van der Waals surface area contributed by atoms with Crippen LogP contribution in [0.4, 0.5) is 0 Å². The molecule has 0 atom stereocenters. The molecule has 0 fully saturated rings. The molecule has 0 unspecified atom stereocenters. The van der Waals surface area contributed by atoms with E-state index in [1.165, 1.54) is 0 Å². The van der Waals surface area contributed by atoms with Crippen LogP contribution in [0.25, 0.3) is 0 Å². The van der Waals surface area contributed by atoms with Gasteiger partial charge in [-0.15, -0.1) is 0 Å². The molecule has 0 aromatic rings. The Morgan fingerprint density at radius 1 is 1.31 bits per heavy atom. The van der Waals surface area contributed by atoms with Crippen LogP contribution < -0.4 is 0 Å². The van der Waals surface area contributed by atoms with Crippen molar-refractivity contribution >= 4 is 19.7 Å². The first-order chi connectivity index (χ1) is 5.99. The van der Waals surface area contributed by atoms with Crippen molar-refractivity contribution in [1.82, 2.24) is 0 Å². The molecule has 0 saturated carbocycles. The Hall–Kier alpha value is 0.200. The summed E-state index contributed by atoms with van der Waals surface area (Å²) in [6.07, 6.45) is 2.12. The lowest BCUT2D eigenvalue weighted by molar-refractivity contribution is 0.109. The number of rotatable bonds is 7. The fourth-order valence-electron chi connectivity index (χ4n) is 0.933. The Morgan fingerprint density at radius 2 is 1.85 bits per heavy atom. The maximum absolute atomic E-state index is 10.5. The smallest absolute Gasteiger partial charge is 0.234 e. The van der Waals surface area contributed by atoms with Crippen molar-refractivity contribution in [3.8, 4) is 0 Å². The standard InChI is InChI=1S/C8H17ClO3S/c1-3-8(4-2)7-12-5-6-13(9,10)11/h8H,3-7H2,1-2H3. The van der Waals surface area contributed by atoms with Crippen LogP contribution in [0.3, 0.4) is 0 Å². The van der Waals surface area contributed by atoms with Crippen molar-refractivity contribution in [3.63, 3.8) is 0 Å². The summed E-state index contributed by atoms with van der Waals surface area (Å²) in [6, 6.07) is 0. The van der Waals surface area contributed by atoms with Gasteiger partial charge in [-0.1, -0.05) is 26.7 Å². The van der Waals surface area contributed by atoms with Gasteiger partial charge in [0.15, 0.2) is 0 Å². The van der Waals surface area contributed by atoms with E-state index in [-0.39, 0.29) is 12.4 Å². The van der Waals surface area contributed by atoms with Gasteiger partial charge in [0.2, 0.25) is 9.05 Å². The highest BCUT2D eigenvalue weighted by molar-refractivity contribution is 8.13. The Morgan fingerprint density at radius 3 is 2.23 bits per heavy atom. The Bertz CT molecular complexity index is 209. The molecule has 80 valence electrons. The molecule has 0 rings (SSSR count). The first-order valence-electron chi connectivity index (χ1n) is 4.49. The minimum atomic E-state index is -3.39. The monoisotopic (exact) mass is 228 g/mol. The van der Waals surface area contributed by atoms with Gasteiger partial charge >= 0.3 is 0 Å². The van der Waals surface area contributed by atoms with Gasteiger partial charge in [0, 0.05) is 17.3 Å². The molecule has 0 aliphatic rings. The number of ether oxygens (including phenoxy) is 1. The minimum Gasteiger partial charge on any atom is -0.380 e. The van der Waals surface area contributed by atoms with E-state index in [1.807, 2.05) is 0 Å². The van der Waals surface area contributed by atoms with E-state index in [2.05, 4.69) is 13.8 Å². The number of hydrogen-bond donors (Lipinski definition) is 0. The second-order valence-corrected chi connectivity index (χ2v) is 5.90. The van der Waals surface area contributed by atoms with Crippen LogP contribution in [0.15, 0.2) is 0 Å². The van der Waals surface area contributed by atoms with Crippen molar-refractivity contribution < 1.29 is 13.2 Å². The maximum Gasteiger partial charge on any atom is 0.234 e. The molecule has 0 saturated heterocycles. The average molecular weight is 229 g/mol. The zero-order valence-corrected chi connectivity index (χ0v) is 9.70. The molecule has 0 bridgehead atoms. The third kappa shape index (κ3) is 8.53. The molecule has 0 aliphatic heterocycles. The van der Waals surface area contributed by atoms with Crippen molar-refractivity contribution in [2.75, 3.05) is 19.0 Å². The lowest BCUT2D eigenvalue weighted by Gasteiger charge is -2.11. The highest BCUT2D eigenvalue weighted by Gasteiger charge is 2.06. The normalized spacial score (nSPS) is 12.3. The molecule has 0 N–H and O–H groups in total. The van der Waals surface area contributed by atoms with Gasteiger partial charge in [0.05, 0.1) is 12.4 Å². The largest absolute Gasteiger partial charge is 0.380 e. The summed E-state index contributed by atoms with van der Waals surface area (Å²) in [5.74, 6) is 0.423. The van der Waals surface area contributed by atoms with E-state index in [0.717, 1.165) is 12.8 Å². The van der Waals surface area contributed by atoms with Crippen molar-refractivity contribution in [2.45, 2.75) is 26.7 Å². The third-order valence-electron chi connectivity index (χ3n) is 1.98. The molecular formula is C8H17ClO3S. The van der Waals surface area contributed by atoms with Crippen molar-refractivity contribution in [3.05, 3.63) is 0 Å². The van der Waals surface area contributed by atoms with Crippen LogP contribution in [0, 0.1) is 5.92 Å². The quantitative estimate of drug-likeness (QED) is 0.495. The predicted molar refractivity (Wildman–Crippen MR) is 54.5 cm³/mol. The first-order valence-corrected chi connectivity index (χ1v) is 6.97. The van der Waals surface area contributed by atoms with E-state index in [0.29, 0.717) is 12.5 Å². The molecule has 0 aromatic carbocycles. The second kappa shape index (κ2) is 6.62. The zero-order chi connectivity index (χ0) is 10.3. The summed E-state index contributed by atoms with van der Waals surface area (Å²) in [5, 5.41) is 0. The summed E-state index contributed by atoms with van der Waals surface area (Å²) in [5.41, 5.74) is 0. The Kier molecular flexibility index (Phi) is 6.73. The van der Waals surface area contributed by atoms with Crippen molar-refractivity contribution in [1.29, 1.82) is 0 Å². The average Bonchev–Trinajstić information content (AvgIpc) is 2.03. The van der Waals surface area contributed by atoms with Gasteiger partial charge in [-0.2, -0.15) is 0 Å². The van der Waals surface area contributed by atoms with E-state index < -0.39 is 9.05 Å². The van der Waals surface area contributed by atoms with Crippen LogP contribution in [-0.4, -0.2) is 27.4 Å². The van der Waals surface area contributed by atoms with Gasteiger partial charge in [-0.3, -0.25) is 0 Å². The summed E-state index contributed by atoms with van der Waals surface area (Å²) in [6.45, 7) is 5.01. The molecule has 13 heavy (non-hydrogen) atoms. The van der Waals surface area contributed by atoms with E-state index in [4.69, 9.17) is 15.4 Å². The van der Waals surface area contributed by atoms with Crippen LogP contribution in [0.1, 0.15) is 26.7 Å². The minimum absolute atomic E-state index is 0.102. The molecule has 5 heteroatoms. The predicted octanol–water partition coefficient (Wildman–Crippen LogP) is 2.01. The van der Waals surface area contributed by atoms with Crippen molar-refractivity contribution in [2.24, 2.45) is 5.92 Å². The first kappa shape index (κ1) is 13.2. The van der Waals surface area contributed by atoms with Crippen LogP contribution in [-0.2, 0) is 13.8 Å². The SMILES string of the molecule is CCC(CC)COCCS(=O)(=O)Cl. The molecule has 3 nitrogen and oxygen atoms in total. The summed E-state index contributed by atoms with van der Waals surface area (Å²) >= 11 is 0. The fourth-order valence-corrected chi connectivity index (χ4v) is 1.44. The van der Waals surface area contributed by atoms with Gasteiger partial charge in [0.25, 0.3) is 0 Å². The Labute approximate surface area is 84.8 Å². The number of halogens is 1. The molecule has 0 radical (unpaired) electrons. The lowest BCUT2D eigenvalue weighted by Crippen LogP contribution is -2.12. The lowest BCUT2D eigenvalue weighted by atomic mass is 10.1. The second-order valence-electron chi connectivity index (χ2n) is 3.00. The molecule has 0 heterocycles. The summed E-state index contributed by atoms with van der Waals surface area (Å²) < 4.78 is 26.2. The van der Waals surface area contributed by atoms with Gasteiger partial charge < -0.3 is 4.74 Å². The third-order valence-corrected chi connectivity index (χ3v) is 3.10. The van der Waals surface area contributed by atoms with Gasteiger partial charge in [-0.25, -0.2) is 8.42 Å². The van der Waals surface area contributed by atoms with E-state index in [1.54, 1.807) is 0 Å². The summed E-state index contributed by atoms with van der Waals surface area (Å²) in [4.78, 5) is 0. The zero-order valence-electron chi connectivity index (χ0n) is 8.12. The van der Waals surface area contributed by atoms with E-state index in [9.17, 15) is 8.42 Å². The molecular weight excluding hydrogens is 212 g/mol. The van der Waals surface area contributed by atoms with Crippen LogP contribution in [0.2, 0.25) is 0 Å². The molecule has 0 aliphatic carbocycles. The van der Waals surface area contributed by atoms with Crippen LogP contribution >= 0.6 is 10.7 Å². The van der Waals surface area contributed by atoms with Crippen LogP contribution in [0.5, 0.6) is 0 Å². The highest BCUT2D eigenvalue weighted by atomic mass is 35.7. The van der Waals surface area contributed by atoms with Gasteiger partial charge in [0.1, 0.15) is 0 Å². The number of hydrogen-bond acceptors (Lipinski definition) is 3. The molecule has 0 amide bonds. The summed E-state index contributed by atoms with van der Waals surface area (Å²) in [7, 11) is 1.62.